The van der Waals surface area contributed by atoms with E-state index in [2.05, 4.69) is 26.2 Å². The number of tetrazole rings is 1. The Labute approximate surface area is 173 Å². The van der Waals surface area contributed by atoms with Crippen LogP contribution in [-0.2, 0) is 4.79 Å². The maximum absolute atomic E-state index is 14.2. The number of hydrogen-bond donors (Lipinski definition) is 2. The molecule has 3 aromatic rings. The first-order valence-electron chi connectivity index (χ1n) is 9.49. The van der Waals surface area contributed by atoms with Crippen molar-refractivity contribution in [3.8, 4) is 5.69 Å². The Morgan fingerprint density at radius 1 is 1.10 bits per heavy atom. The van der Waals surface area contributed by atoms with Crippen LogP contribution in [0.1, 0.15) is 35.6 Å². The highest BCUT2D eigenvalue weighted by Gasteiger charge is 2.25. The molecular formula is C21H23FN6O2. The molecule has 0 radical (unpaired) electrons. The Balaban J connectivity index is 1.79. The molecule has 0 fully saturated rings. The predicted molar refractivity (Wildman–Crippen MR) is 110 cm³/mol. The van der Waals surface area contributed by atoms with E-state index in [4.69, 9.17) is 0 Å². The fourth-order valence-corrected chi connectivity index (χ4v) is 2.97. The topological polar surface area (TPSA) is 102 Å². The number of anilines is 1. The molecule has 0 saturated heterocycles. The number of nitrogens with zero attached hydrogens (tertiary/aromatic N) is 4. The van der Waals surface area contributed by atoms with E-state index in [-0.39, 0.29) is 17.5 Å². The highest BCUT2D eigenvalue weighted by atomic mass is 19.1. The van der Waals surface area contributed by atoms with Crippen LogP contribution in [0, 0.1) is 25.6 Å². The molecule has 1 heterocycles. The Kier molecular flexibility index (Phi) is 6.20. The molecule has 9 heteroatoms. The van der Waals surface area contributed by atoms with Crippen molar-refractivity contribution in [2.75, 3.05) is 5.32 Å². The van der Waals surface area contributed by atoms with Gasteiger partial charge in [0.2, 0.25) is 5.91 Å². The van der Waals surface area contributed by atoms with Gasteiger partial charge in [0.25, 0.3) is 5.91 Å². The monoisotopic (exact) mass is 410 g/mol. The predicted octanol–water partition coefficient (Wildman–Crippen LogP) is 2.81. The maximum atomic E-state index is 14.2. The molecule has 1 aromatic heterocycles. The van der Waals surface area contributed by atoms with Crippen molar-refractivity contribution in [3.63, 3.8) is 0 Å². The molecule has 0 bridgehead atoms. The number of rotatable bonds is 6. The maximum Gasteiger partial charge on any atom is 0.251 e. The van der Waals surface area contributed by atoms with E-state index < -0.39 is 17.8 Å². The molecule has 3 rings (SSSR count). The summed E-state index contributed by atoms with van der Waals surface area (Å²) >= 11 is 0. The van der Waals surface area contributed by atoms with Crippen molar-refractivity contribution < 1.29 is 14.0 Å². The van der Waals surface area contributed by atoms with Crippen LogP contribution in [0.15, 0.2) is 42.5 Å². The molecule has 156 valence electrons. The number of carbonyl (C=O) groups is 2. The third kappa shape index (κ3) is 4.68. The molecule has 2 aromatic carbocycles. The molecule has 0 aliphatic carbocycles. The SMILES string of the molecule is Cc1cccc(C(=O)NC(C(=O)Nc2ccc(F)c(-n3nnnc3C)c2)C(C)C)c1. The van der Waals surface area contributed by atoms with Gasteiger partial charge in [-0.15, -0.1) is 5.10 Å². The molecule has 1 unspecified atom stereocenters. The largest absolute Gasteiger partial charge is 0.340 e. The molecule has 0 spiro atoms. The molecule has 1 atom stereocenters. The molecule has 30 heavy (non-hydrogen) atoms. The quantitative estimate of drug-likeness (QED) is 0.651. The molecule has 0 aliphatic rings. The minimum Gasteiger partial charge on any atom is -0.340 e. The molecule has 2 N–H and O–H groups in total. The van der Waals surface area contributed by atoms with Crippen molar-refractivity contribution in [1.82, 2.24) is 25.5 Å². The summed E-state index contributed by atoms with van der Waals surface area (Å²) in [6.07, 6.45) is 0. The van der Waals surface area contributed by atoms with E-state index in [0.29, 0.717) is 17.1 Å². The van der Waals surface area contributed by atoms with E-state index in [9.17, 15) is 14.0 Å². The summed E-state index contributed by atoms with van der Waals surface area (Å²) in [4.78, 5) is 25.5. The van der Waals surface area contributed by atoms with Gasteiger partial charge < -0.3 is 10.6 Å². The second-order valence-electron chi connectivity index (χ2n) is 7.36. The van der Waals surface area contributed by atoms with Gasteiger partial charge in [-0.3, -0.25) is 9.59 Å². The number of amides is 2. The lowest BCUT2D eigenvalue weighted by atomic mass is 10.0. The van der Waals surface area contributed by atoms with Crippen LogP contribution in [0.25, 0.3) is 5.69 Å². The lowest BCUT2D eigenvalue weighted by Gasteiger charge is -2.22. The summed E-state index contributed by atoms with van der Waals surface area (Å²) in [6, 6.07) is 10.5. The lowest BCUT2D eigenvalue weighted by Crippen LogP contribution is -2.47. The van der Waals surface area contributed by atoms with Crippen LogP contribution < -0.4 is 10.6 Å². The minimum atomic E-state index is -0.777. The highest BCUT2D eigenvalue weighted by molar-refractivity contribution is 6.01. The molecule has 0 saturated carbocycles. The van der Waals surface area contributed by atoms with Crippen LogP contribution in [0.2, 0.25) is 0 Å². The Bertz CT molecular complexity index is 1080. The van der Waals surface area contributed by atoms with E-state index in [1.54, 1.807) is 25.1 Å². The first-order chi connectivity index (χ1) is 14.3. The van der Waals surface area contributed by atoms with Gasteiger partial charge in [-0.1, -0.05) is 31.5 Å². The zero-order valence-electron chi connectivity index (χ0n) is 17.2. The number of aromatic nitrogens is 4. The van der Waals surface area contributed by atoms with Gasteiger partial charge in [-0.2, -0.15) is 4.68 Å². The van der Waals surface area contributed by atoms with Crippen LogP contribution in [0.5, 0.6) is 0 Å². The van der Waals surface area contributed by atoms with E-state index in [1.165, 1.54) is 22.9 Å². The summed E-state index contributed by atoms with van der Waals surface area (Å²) in [5.41, 5.74) is 1.90. The van der Waals surface area contributed by atoms with Crippen LogP contribution >= 0.6 is 0 Å². The van der Waals surface area contributed by atoms with Crippen molar-refractivity contribution >= 4 is 17.5 Å². The van der Waals surface area contributed by atoms with Crippen molar-refractivity contribution in [1.29, 1.82) is 0 Å². The smallest absolute Gasteiger partial charge is 0.251 e. The van der Waals surface area contributed by atoms with E-state index in [0.717, 1.165) is 5.56 Å². The minimum absolute atomic E-state index is 0.111. The zero-order chi connectivity index (χ0) is 21.8. The van der Waals surface area contributed by atoms with Crippen LogP contribution in [-0.4, -0.2) is 38.1 Å². The Hall–Kier alpha value is -3.62. The summed E-state index contributed by atoms with van der Waals surface area (Å²) in [5, 5.41) is 16.5. The van der Waals surface area contributed by atoms with Gasteiger partial charge in [0, 0.05) is 11.3 Å². The summed E-state index contributed by atoms with van der Waals surface area (Å²) in [5.74, 6) is -1.03. The molecule has 8 nitrogen and oxygen atoms in total. The average Bonchev–Trinajstić information content (AvgIpc) is 3.12. The van der Waals surface area contributed by atoms with Crippen LogP contribution in [0.4, 0.5) is 10.1 Å². The number of carbonyl (C=O) groups excluding carboxylic acids is 2. The zero-order valence-corrected chi connectivity index (χ0v) is 17.2. The Morgan fingerprint density at radius 3 is 2.50 bits per heavy atom. The van der Waals surface area contributed by atoms with Gasteiger partial charge in [0.15, 0.2) is 5.82 Å². The van der Waals surface area contributed by atoms with Crippen molar-refractivity contribution in [2.24, 2.45) is 5.92 Å². The summed E-state index contributed by atoms with van der Waals surface area (Å²) in [7, 11) is 0. The summed E-state index contributed by atoms with van der Waals surface area (Å²) in [6.45, 7) is 7.20. The summed E-state index contributed by atoms with van der Waals surface area (Å²) < 4.78 is 15.5. The van der Waals surface area contributed by atoms with Crippen molar-refractivity contribution in [3.05, 3.63) is 65.2 Å². The second-order valence-corrected chi connectivity index (χ2v) is 7.36. The third-order valence-corrected chi connectivity index (χ3v) is 4.58. The number of hydrogen-bond acceptors (Lipinski definition) is 5. The fraction of sp³-hybridized carbons (Fsp3) is 0.286. The van der Waals surface area contributed by atoms with Crippen molar-refractivity contribution in [2.45, 2.75) is 33.7 Å². The van der Waals surface area contributed by atoms with Gasteiger partial charge in [-0.05, 0) is 60.5 Å². The standard InChI is InChI=1S/C21H23FN6O2/c1-12(2)19(24-20(29)15-7-5-6-13(3)10-15)21(30)23-16-8-9-17(22)18(11-16)28-14(4)25-26-27-28/h5-12,19H,1-4H3,(H,23,30)(H,24,29). The normalized spacial score (nSPS) is 11.9. The number of nitrogens with one attached hydrogen (secondary N) is 2. The molecular weight excluding hydrogens is 387 g/mol. The average molecular weight is 410 g/mol. The fourth-order valence-electron chi connectivity index (χ4n) is 2.97. The second kappa shape index (κ2) is 8.81. The van der Waals surface area contributed by atoms with Gasteiger partial charge >= 0.3 is 0 Å². The first-order valence-corrected chi connectivity index (χ1v) is 9.49. The first kappa shape index (κ1) is 21.1. The Morgan fingerprint density at radius 2 is 1.87 bits per heavy atom. The van der Waals surface area contributed by atoms with E-state index >= 15 is 0 Å². The van der Waals surface area contributed by atoms with Gasteiger partial charge in [-0.25, -0.2) is 4.39 Å². The van der Waals surface area contributed by atoms with E-state index in [1.807, 2.05) is 26.8 Å². The highest BCUT2D eigenvalue weighted by Crippen LogP contribution is 2.19. The van der Waals surface area contributed by atoms with Crippen LogP contribution in [0.3, 0.4) is 0 Å². The number of aryl methyl sites for hydroxylation is 2. The van der Waals surface area contributed by atoms with Gasteiger partial charge in [0.05, 0.1) is 0 Å². The third-order valence-electron chi connectivity index (χ3n) is 4.58. The molecule has 0 aliphatic heterocycles. The number of benzene rings is 2. The number of halogens is 1. The molecule has 2 amide bonds. The van der Waals surface area contributed by atoms with Gasteiger partial charge in [0.1, 0.15) is 17.5 Å². The lowest BCUT2D eigenvalue weighted by molar-refractivity contribution is -0.118.